The van der Waals surface area contributed by atoms with Gasteiger partial charge in [0.05, 0.1) is 12.1 Å². The summed E-state index contributed by atoms with van der Waals surface area (Å²) in [7, 11) is 3.72. The van der Waals surface area contributed by atoms with Gasteiger partial charge in [-0.2, -0.15) is 0 Å². The van der Waals surface area contributed by atoms with Crippen LogP contribution in [0.3, 0.4) is 0 Å². The van der Waals surface area contributed by atoms with Crippen LogP contribution >= 0.6 is 0 Å². The van der Waals surface area contributed by atoms with Crippen molar-refractivity contribution in [2.75, 3.05) is 27.3 Å². The van der Waals surface area contributed by atoms with Gasteiger partial charge in [-0.1, -0.05) is 0 Å². The minimum absolute atomic E-state index is 0.226. The number of amides is 1. The summed E-state index contributed by atoms with van der Waals surface area (Å²) < 4.78 is 5.12. The van der Waals surface area contributed by atoms with E-state index in [4.69, 9.17) is 10.5 Å². The molecule has 108 valence electrons. The monoisotopic (exact) mass is 259 g/mol. The van der Waals surface area contributed by atoms with Crippen LogP contribution in [0.25, 0.3) is 0 Å². The van der Waals surface area contributed by atoms with Crippen molar-refractivity contribution in [3.63, 3.8) is 0 Å². The van der Waals surface area contributed by atoms with E-state index in [0.717, 1.165) is 6.54 Å². The predicted molar refractivity (Wildman–Crippen MR) is 74.5 cm³/mol. The second-order valence-corrected chi connectivity index (χ2v) is 5.53. The lowest BCUT2D eigenvalue weighted by molar-refractivity contribution is -0.124. The van der Waals surface area contributed by atoms with Crippen LogP contribution in [-0.4, -0.2) is 55.7 Å². The van der Waals surface area contributed by atoms with Crippen LogP contribution < -0.4 is 11.1 Å². The Morgan fingerprint density at radius 3 is 2.39 bits per heavy atom. The predicted octanol–water partition coefficient (Wildman–Crippen LogP) is 0.585. The van der Waals surface area contributed by atoms with E-state index in [2.05, 4.69) is 17.1 Å². The Kier molecular flexibility index (Phi) is 7.43. The van der Waals surface area contributed by atoms with E-state index in [1.807, 2.05) is 27.8 Å². The molecule has 0 radical (unpaired) electrons. The second-order valence-electron chi connectivity index (χ2n) is 5.53. The number of hydrogen-bond donors (Lipinski definition) is 2. The first-order valence-corrected chi connectivity index (χ1v) is 6.49. The molecule has 0 aromatic heterocycles. The fourth-order valence-electron chi connectivity index (χ4n) is 1.89. The van der Waals surface area contributed by atoms with E-state index >= 15 is 0 Å². The van der Waals surface area contributed by atoms with Crippen LogP contribution in [0, 0.1) is 0 Å². The average molecular weight is 259 g/mol. The maximum atomic E-state index is 11.6. The summed E-state index contributed by atoms with van der Waals surface area (Å²) >= 11 is 0. The SMILES string of the molecule is COCC(C)N(C)CCC(C)(NC(C)C)C(N)=O. The van der Waals surface area contributed by atoms with Crippen LogP contribution in [0.15, 0.2) is 0 Å². The maximum Gasteiger partial charge on any atom is 0.237 e. The molecule has 5 heteroatoms. The summed E-state index contributed by atoms with van der Waals surface area (Å²) in [4.78, 5) is 13.8. The van der Waals surface area contributed by atoms with Gasteiger partial charge < -0.3 is 20.7 Å². The smallest absolute Gasteiger partial charge is 0.237 e. The number of hydrogen-bond acceptors (Lipinski definition) is 4. The van der Waals surface area contributed by atoms with Crippen molar-refractivity contribution in [2.24, 2.45) is 5.73 Å². The quantitative estimate of drug-likeness (QED) is 0.636. The van der Waals surface area contributed by atoms with Gasteiger partial charge in [0.2, 0.25) is 5.91 Å². The Morgan fingerprint density at radius 2 is 2.00 bits per heavy atom. The molecule has 2 atom stereocenters. The highest BCUT2D eigenvalue weighted by Gasteiger charge is 2.31. The number of carbonyl (C=O) groups excluding carboxylic acids is 1. The minimum Gasteiger partial charge on any atom is -0.383 e. The molecular formula is C13H29N3O2. The third kappa shape index (κ3) is 5.80. The molecule has 0 spiro atoms. The first-order valence-electron chi connectivity index (χ1n) is 6.49. The first-order chi connectivity index (χ1) is 8.23. The van der Waals surface area contributed by atoms with E-state index in [9.17, 15) is 4.79 Å². The molecule has 2 unspecified atom stereocenters. The molecule has 0 rings (SSSR count). The molecule has 5 nitrogen and oxygen atoms in total. The van der Waals surface area contributed by atoms with Crippen LogP contribution in [0.4, 0.5) is 0 Å². The third-order valence-electron chi connectivity index (χ3n) is 3.28. The van der Waals surface area contributed by atoms with E-state index in [-0.39, 0.29) is 11.9 Å². The van der Waals surface area contributed by atoms with Crippen molar-refractivity contribution in [3.8, 4) is 0 Å². The molecule has 1 amide bonds. The lowest BCUT2D eigenvalue weighted by Gasteiger charge is -2.33. The van der Waals surface area contributed by atoms with Crippen molar-refractivity contribution < 1.29 is 9.53 Å². The van der Waals surface area contributed by atoms with Gasteiger partial charge in [0.15, 0.2) is 0 Å². The molecule has 0 aromatic carbocycles. The molecule has 0 aliphatic carbocycles. The number of nitrogens with zero attached hydrogens (tertiary/aromatic N) is 1. The summed E-state index contributed by atoms with van der Waals surface area (Å²) in [6.07, 6.45) is 0.686. The zero-order valence-electron chi connectivity index (χ0n) is 12.6. The van der Waals surface area contributed by atoms with E-state index in [0.29, 0.717) is 19.1 Å². The van der Waals surface area contributed by atoms with Gasteiger partial charge in [0.25, 0.3) is 0 Å². The summed E-state index contributed by atoms with van der Waals surface area (Å²) in [5, 5.41) is 3.25. The van der Waals surface area contributed by atoms with Gasteiger partial charge in [0.1, 0.15) is 0 Å². The molecule has 0 heterocycles. The van der Waals surface area contributed by atoms with E-state index in [1.165, 1.54) is 0 Å². The van der Waals surface area contributed by atoms with Crippen molar-refractivity contribution in [1.82, 2.24) is 10.2 Å². The summed E-state index contributed by atoms with van der Waals surface area (Å²) in [6, 6.07) is 0.551. The second kappa shape index (κ2) is 7.71. The molecule has 0 aromatic rings. The highest BCUT2D eigenvalue weighted by Crippen LogP contribution is 2.12. The molecule has 0 saturated carbocycles. The molecule has 0 aliphatic heterocycles. The lowest BCUT2D eigenvalue weighted by atomic mass is 9.95. The van der Waals surface area contributed by atoms with E-state index in [1.54, 1.807) is 7.11 Å². The number of nitrogens with two attached hydrogens (primary N) is 1. The number of ether oxygens (including phenoxy) is 1. The topological polar surface area (TPSA) is 67.6 Å². The average Bonchev–Trinajstić information content (AvgIpc) is 2.25. The minimum atomic E-state index is -0.658. The Morgan fingerprint density at radius 1 is 1.44 bits per heavy atom. The fourth-order valence-corrected chi connectivity index (χ4v) is 1.89. The molecule has 0 aliphatic rings. The number of likely N-dealkylation sites (N-methyl/N-ethyl adjacent to an activating group) is 1. The number of rotatable bonds is 9. The molecule has 3 N–H and O–H groups in total. The lowest BCUT2D eigenvalue weighted by Crippen LogP contribution is -2.57. The summed E-state index contributed by atoms with van der Waals surface area (Å²) in [5.74, 6) is -0.302. The van der Waals surface area contributed by atoms with Gasteiger partial charge in [-0.15, -0.1) is 0 Å². The zero-order valence-corrected chi connectivity index (χ0v) is 12.6. The largest absolute Gasteiger partial charge is 0.383 e. The highest BCUT2D eigenvalue weighted by atomic mass is 16.5. The Bertz CT molecular complexity index is 259. The molecule has 0 saturated heterocycles. The number of methoxy groups -OCH3 is 1. The van der Waals surface area contributed by atoms with Crippen molar-refractivity contribution in [1.29, 1.82) is 0 Å². The first kappa shape index (κ1) is 17.4. The molecular weight excluding hydrogens is 230 g/mol. The Labute approximate surface area is 111 Å². The van der Waals surface area contributed by atoms with Crippen LogP contribution in [0.5, 0.6) is 0 Å². The number of carbonyl (C=O) groups is 1. The summed E-state index contributed by atoms with van der Waals surface area (Å²) in [6.45, 7) is 9.47. The fraction of sp³-hybridized carbons (Fsp3) is 0.923. The molecule has 18 heavy (non-hydrogen) atoms. The normalized spacial score (nSPS) is 16.9. The van der Waals surface area contributed by atoms with Crippen LogP contribution in [-0.2, 0) is 9.53 Å². The van der Waals surface area contributed by atoms with Gasteiger partial charge in [0, 0.05) is 25.7 Å². The number of nitrogens with one attached hydrogen (secondary N) is 1. The van der Waals surface area contributed by atoms with Crippen molar-refractivity contribution >= 4 is 5.91 Å². The van der Waals surface area contributed by atoms with Crippen molar-refractivity contribution in [3.05, 3.63) is 0 Å². The standard InChI is InChI=1S/C13H29N3O2/c1-10(2)15-13(4,12(14)17)7-8-16(5)11(3)9-18-6/h10-11,15H,7-9H2,1-6H3,(H2,14,17). The van der Waals surface area contributed by atoms with Gasteiger partial charge in [-0.25, -0.2) is 0 Å². The summed E-state index contributed by atoms with van der Waals surface area (Å²) in [5.41, 5.74) is 4.84. The highest BCUT2D eigenvalue weighted by molar-refractivity contribution is 5.84. The third-order valence-corrected chi connectivity index (χ3v) is 3.28. The molecule has 0 bridgehead atoms. The van der Waals surface area contributed by atoms with Gasteiger partial charge in [-0.3, -0.25) is 4.79 Å². The Balaban J connectivity index is 4.39. The van der Waals surface area contributed by atoms with E-state index < -0.39 is 5.54 Å². The van der Waals surface area contributed by atoms with Crippen molar-refractivity contribution in [2.45, 2.75) is 51.7 Å². The van der Waals surface area contributed by atoms with Crippen LogP contribution in [0.1, 0.15) is 34.1 Å². The molecule has 0 fully saturated rings. The number of primary amides is 1. The van der Waals surface area contributed by atoms with Crippen LogP contribution in [0.2, 0.25) is 0 Å². The van der Waals surface area contributed by atoms with Gasteiger partial charge >= 0.3 is 0 Å². The zero-order chi connectivity index (χ0) is 14.3. The maximum absolute atomic E-state index is 11.6. The Hall–Kier alpha value is -0.650. The van der Waals surface area contributed by atoms with Gasteiger partial charge in [-0.05, 0) is 41.2 Å².